The molecular formula is C15H22N2S. The summed E-state index contributed by atoms with van der Waals surface area (Å²) < 4.78 is 0. The van der Waals surface area contributed by atoms with Crippen molar-refractivity contribution in [1.29, 1.82) is 5.26 Å². The van der Waals surface area contributed by atoms with Crippen molar-refractivity contribution in [3.8, 4) is 6.07 Å². The maximum atomic E-state index is 9.30. The summed E-state index contributed by atoms with van der Waals surface area (Å²) in [6, 6.07) is 11.9. The fourth-order valence-corrected chi connectivity index (χ4v) is 2.96. The standard InChI is InChI=1S/C15H22N2S/c1-13(2)8-10-18-11-9-15(17,12-16)14-6-4-3-5-7-14/h3-7,13H,8-11,17H2,1-2H3. The number of hydrogen-bond acceptors (Lipinski definition) is 3. The number of nitriles is 1. The van der Waals surface area contributed by atoms with E-state index in [4.69, 9.17) is 5.73 Å². The minimum absolute atomic E-state index is 0.705. The van der Waals surface area contributed by atoms with Crippen LogP contribution in [0.15, 0.2) is 30.3 Å². The van der Waals surface area contributed by atoms with Crippen LogP contribution < -0.4 is 5.73 Å². The van der Waals surface area contributed by atoms with E-state index in [-0.39, 0.29) is 0 Å². The molecule has 1 unspecified atom stereocenters. The summed E-state index contributed by atoms with van der Waals surface area (Å²) in [5, 5.41) is 9.30. The molecule has 0 aromatic heterocycles. The van der Waals surface area contributed by atoms with Crippen molar-refractivity contribution in [2.24, 2.45) is 11.7 Å². The predicted molar refractivity (Wildman–Crippen MR) is 79.3 cm³/mol. The molecule has 0 amide bonds. The Morgan fingerprint density at radius 3 is 2.50 bits per heavy atom. The third kappa shape index (κ3) is 4.72. The van der Waals surface area contributed by atoms with Crippen LogP contribution in [-0.2, 0) is 5.54 Å². The fraction of sp³-hybridized carbons (Fsp3) is 0.533. The Bertz CT molecular complexity index is 383. The zero-order chi connectivity index (χ0) is 13.4. The number of nitrogens with zero attached hydrogens (tertiary/aromatic N) is 1. The molecule has 18 heavy (non-hydrogen) atoms. The molecule has 3 heteroatoms. The number of thioether (sulfide) groups is 1. The van der Waals surface area contributed by atoms with E-state index in [9.17, 15) is 5.26 Å². The molecule has 1 atom stereocenters. The number of nitrogens with two attached hydrogens (primary N) is 1. The summed E-state index contributed by atoms with van der Waals surface area (Å²) in [6.45, 7) is 4.46. The molecule has 0 spiro atoms. The quantitative estimate of drug-likeness (QED) is 0.765. The lowest BCUT2D eigenvalue weighted by Crippen LogP contribution is -2.35. The molecule has 2 nitrogen and oxygen atoms in total. The first kappa shape index (κ1) is 15.1. The molecule has 1 rings (SSSR count). The second-order valence-corrected chi connectivity index (χ2v) is 6.22. The molecule has 98 valence electrons. The van der Waals surface area contributed by atoms with Crippen molar-refractivity contribution in [3.63, 3.8) is 0 Å². The third-order valence-corrected chi connectivity index (χ3v) is 3.99. The van der Waals surface area contributed by atoms with Gasteiger partial charge < -0.3 is 5.73 Å². The van der Waals surface area contributed by atoms with Gasteiger partial charge in [0.2, 0.25) is 0 Å². The first-order valence-electron chi connectivity index (χ1n) is 6.42. The van der Waals surface area contributed by atoms with E-state index in [2.05, 4.69) is 19.9 Å². The van der Waals surface area contributed by atoms with Gasteiger partial charge in [-0.05, 0) is 35.8 Å². The van der Waals surface area contributed by atoms with Crippen molar-refractivity contribution in [1.82, 2.24) is 0 Å². The van der Waals surface area contributed by atoms with Gasteiger partial charge in [-0.1, -0.05) is 44.2 Å². The molecule has 0 saturated carbocycles. The Kier molecular flexibility index (Phi) is 6.24. The number of benzene rings is 1. The van der Waals surface area contributed by atoms with E-state index in [1.54, 1.807) is 0 Å². The zero-order valence-electron chi connectivity index (χ0n) is 11.2. The smallest absolute Gasteiger partial charge is 0.130 e. The van der Waals surface area contributed by atoms with Gasteiger partial charge in [-0.15, -0.1) is 0 Å². The molecule has 0 radical (unpaired) electrons. The van der Waals surface area contributed by atoms with Crippen LogP contribution in [0.2, 0.25) is 0 Å². The highest BCUT2D eigenvalue weighted by Gasteiger charge is 2.26. The van der Waals surface area contributed by atoms with E-state index in [0.29, 0.717) is 6.42 Å². The van der Waals surface area contributed by atoms with E-state index in [1.807, 2.05) is 42.1 Å². The van der Waals surface area contributed by atoms with Gasteiger partial charge in [0.1, 0.15) is 5.54 Å². The topological polar surface area (TPSA) is 49.8 Å². The molecule has 0 aliphatic carbocycles. The lowest BCUT2D eigenvalue weighted by Gasteiger charge is -2.21. The van der Waals surface area contributed by atoms with Crippen molar-refractivity contribution in [2.75, 3.05) is 11.5 Å². The van der Waals surface area contributed by atoms with Gasteiger partial charge in [0, 0.05) is 0 Å². The van der Waals surface area contributed by atoms with Crippen molar-refractivity contribution in [3.05, 3.63) is 35.9 Å². The van der Waals surface area contributed by atoms with Gasteiger partial charge in [0.05, 0.1) is 6.07 Å². The highest BCUT2D eigenvalue weighted by Crippen LogP contribution is 2.23. The normalized spacial score (nSPS) is 14.2. The van der Waals surface area contributed by atoms with Crippen LogP contribution >= 0.6 is 11.8 Å². The SMILES string of the molecule is CC(C)CCSCCC(N)(C#N)c1ccccc1. The third-order valence-electron chi connectivity index (χ3n) is 2.97. The molecular weight excluding hydrogens is 240 g/mol. The predicted octanol–water partition coefficient (Wildman–Crippen LogP) is 3.53. The molecule has 0 saturated heterocycles. The minimum atomic E-state index is -0.841. The Balaban J connectivity index is 2.45. The highest BCUT2D eigenvalue weighted by molar-refractivity contribution is 7.99. The molecule has 1 aromatic carbocycles. The van der Waals surface area contributed by atoms with Gasteiger partial charge >= 0.3 is 0 Å². The van der Waals surface area contributed by atoms with Crippen LogP contribution in [0.25, 0.3) is 0 Å². The molecule has 0 bridgehead atoms. The zero-order valence-corrected chi connectivity index (χ0v) is 12.0. The van der Waals surface area contributed by atoms with Gasteiger partial charge in [-0.3, -0.25) is 0 Å². The summed E-state index contributed by atoms with van der Waals surface area (Å²) in [5.74, 6) is 2.82. The summed E-state index contributed by atoms with van der Waals surface area (Å²) in [6.07, 6.45) is 1.93. The van der Waals surface area contributed by atoms with Crippen LogP contribution in [-0.4, -0.2) is 11.5 Å². The van der Waals surface area contributed by atoms with E-state index < -0.39 is 5.54 Å². The first-order chi connectivity index (χ1) is 8.58. The fourth-order valence-electron chi connectivity index (χ4n) is 1.65. The summed E-state index contributed by atoms with van der Waals surface area (Å²) in [4.78, 5) is 0. The molecule has 0 aliphatic heterocycles. The lowest BCUT2D eigenvalue weighted by atomic mass is 9.90. The average Bonchev–Trinajstić information content (AvgIpc) is 2.38. The Morgan fingerprint density at radius 1 is 1.28 bits per heavy atom. The Morgan fingerprint density at radius 2 is 1.94 bits per heavy atom. The average molecular weight is 262 g/mol. The van der Waals surface area contributed by atoms with Crippen molar-refractivity contribution in [2.45, 2.75) is 32.2 Å². The number of hydrogen-bond donors (Lipinski definition) is 1. The molecule has 2 N–H and O–H groups in total. The Labute approximate surface area is 115 Å². The second-order valence-electron chi connectivity index (χ2n) is 4.99. The van der Waals surface area contributed by atoms with Crippen LogP contribution in [0.5, 0.6) is 0 Å². The van der Waals surface area contributed by atoms with E-state index >= 15 is 0 Å². The maximum absolute atomic E-state index is 9.30. The monoisotopic (exact) mass is 262 g/mol. The summed E-state index contributed by atoms with van der Waals surface area (Å²) >= 11 is 1.89. The second kappa shape index (κ2) is 7.45. The van der Waals surface area contributed by atoms with Crippen LogP contribution in [0.3, 0.4) is 0 Å². The van der Waals surface area contributed by atoms with Gasteiger partial charge in [-0.25, -0.2) is 0 Å². The molecule has 0 fully saturated rings. The lowest BCUT2D eigenvalue weighted by molar-refractivity contribution is 0.559. The largest absolute Gasteiger partial charge is 0.310 e. The van der Waals surface area contributed by atoms with Crippen LogP contribution in [0.1, 0.15) is 32.3 Å². The molecule has 1 aromatic rings. The van der Waals surface area contributed by atoms with Gasteiger partial charge in [0.15, 0.2) is 0 Å². The van der Waals surface area contributed by atoms with Crippen molar-refractivity contribution < 1.29 is 0 Å². The van der Waals surface area contributed by atoms with E-state index in [0.717, 1.165) is 23.0 Å². The number of rotatable bonds is 7. The molecule has 0 aliphatic rings. The van der Waals surface area contributed by atoms with Crippen LogP contribution in [0, 0.1) is 17.2 Å². The Hall–Kier alpha value is -0.980. The van der Waals surface area contributed by atoms with Gasteiger partial charge in [-0.2, -0.15) is 17.0 Å². The van der Waals surface area contributed by atoms with E-state index in [1.165, 1.54) is 6.42 Å². The molecule has 0 heterocycles. The minimum Gasteiger partial charge on any atom is -0.310 e. The maximum Gasteiger partial charge on any atom is 0.130 e. The van der Waals surface area contributed by atoms with Gasteiger partial charge in [0.25, 0.3) is 0 Å². The van der Waals surface area contributed by atoms with Crippen molar-refractivity contribution >= 4 is 11.8 Å². The first-order valence-corrected chi connectivity index (χ1v) is 7.57. The highest BCUT2D eigenvalue weighted by atomic mass is 32.2. The summed E-state index contributed by atoms with van der Waals surface area (Å²) in [5.41, 5.74) is 6.26. The summed E-state index contributed by atoms with van der Waals surface area (Å²) in [7, 11) is 0. The van der Waals surface area contributed by atoms with Crippen LogP contribution in [0.4, 0.5) is 0 Å².